The van der Waals surface area contributed by atoms with Crippen molar-refractivity contribution in [2.45, 2.75) is 39.5 Å². The number of likely N-dealkylation sites (tertiary alicyclic amines) is 1. The van der Waals surface area contributed by atoms with Crippen LogP contribution in [-0.4, -0.2) is 43.6 Å². The molecule has 0 saturated carbocycles. The lowest BCUT2D eigenvalue weighted by molar-refractivity contribution is -0.120. The maximum Gasteiger partial charge on any atom is 0.224 e. The zero-order valence-corrected chi connectivity index (χ0v) is 14.5. The van der Waals surface area contributed by atoms with Crippen LogP contribution in [0.15, 0.2) is 24.3 Å². The van der Waals surface area contributed by atoms with E-state index in [1.807, 2.05) is 31.2 Å². The number of hydrogen-bond acceptors (Lipinski definition) is 3. The van der Waals surface area contributed by atoms with Crippen molar-refractivity contribution in [3.8, 4) is 5.75 Å². The molecule has 1 amide bonds. The smallest absolute Gasteiger partial charge is 0.224 e. The fraction of sp³-hybridized carbons (Fsp3) is 0.632. The summed E-state index contributed by atoms with van der Waals surface area (Å²) in [5, 5.41) is 3.02. The normalized spacial score (nSPS) is 16.3. The highest BCUT2D eigenvalue weighted by Crippen LogP contribution is 2.15. The number of nitrogens with one attached hydrogen (secondary N) is 1. The van der Waals surface area contributed by atoms with E-state index in [0.29, 0.717) is 13.0 Å². The number of amides is 1. The fourth-order valence-electron chi connectivity index (χ4n) is 2.93. The molecule has 0 atom stereocenters. The highest BCUT2D eigenvalue weighted by molar-refractivity contribution is 5.78. The second-order valence-electron chi connectivity index (χ2n) is 6.48. The lowest BCUT2D eigenvalue weighted by Crippen LogP contribution is -2.35. The van der Waals surface area contributed by atoms with Crippen molar-refractivity contribution in [3.05, 3.63) is 29.8 Å². The Labute approximate surface area is 140 Å². The van der Waals surface area contributed by atoms with E-state index in [1.54, 1.807) is 0 Å². The quantitative estimate of drug-likeness (QED) is 0.749. The molecule has 1 N–H and O–H groups in total. The number of rotatable bonds is 8. The Morgan fingerprint density at radius 1 is 1.26 bits per heavy atom. The molecule has 0 bridgehead atoms. The first-order valence-corrected chi connectivity index (χ1v) is 8.88. The van der Waals surface area contributed by atoms with Gasteiger partial charge in [-0.25, -0.2) is 0 Å². The molecule has 0 radical (unpaired) electrons. The summed E-state index contributed by atoms with van der Waals surface area (Å²) >= 11 is 0. The van der Waals surface area contributed by atoms with Crippen molar-refractivity contribution in [3.63, 3.8) is 0 Å². The number of benzene rings is 1. The van der Waals surface area contributed by atoms with Gasteiger partial charge in [-0.1, -0.05) is 19.1 Å². The maximum atomic E-state index is 12.0. The number of ether oxygens (including phenoxy) is 1. The number of nitrogens with zero attached hydrogens (tertiary/aromatic N) is 1. The average Bonchev–Trinajstić information content (AvgIpc) is 2.55. The van der Waals surface area contributed by atoms with E-state index in [1.165, 1.54) is 25.9 Å². The van der Waals surface area contributed by atoms with Crippen molar-refractivity contribution < 1.29 is 9.53 Å². The molecule has 1 aliphatic rings. The molecule has 2 rings (SSSR count). The van der Waals surface area contributed by atoms with Gasteiger partial charge in [0.15, 0.2) is 0 Å². The van der Waals surface area contributed by atoms with Crippen LogP contribution in [0.1, 0.15) is 38.7 Å². The molecule has 128 valence electrons. The van der Waals surface area contributed by atoms with Crippen LogP contribution >= 0.6 is 0 Å². The molecule has 23 heavy (non-hydrogen) atoms. The molecule has 0 aromatic heterocycles. The first-order valence-electron chi connectivity index (χ1n) is 8.88. The molecular weight excluding hydrogens is 288 g/mol. The minimum atomic E-state index is 0.0985. The van der Waals surface area contributed by atoms with Crippen LogP contribution in [0, 0.1) is 5.92 Å². The maximum absolute atomic E-state index is 12.0. The van der Waals surface area contributed by atoms with Crippen molar-refractivity contribution >= 4 is 5.91 Å². The minimum absolute atomic E-state index is 0.0985. The van der Waals surface area contributed by atoms with E-state index in [9.17, 15) is 4.79 Å². The summed E-state index contributed by atoms with van der Waals surface area (Å²) in [4.78, 5) is 14.5. The SMILES string of the molecule is CCOc1ccc(CC(=O)NCCCN2CCC(C)CC2)cc1. The van der Waals surface area contributed by atoms with E-state index in [2.05, 4.69) is 17.1 Å². The minimum Gasteiger partial charge on any atom is -0.494 e. The number of hydrogen-bond donors (Lipinski definition) is 1. The summed E-state index contributed by atoms with van der Waals surface area (Å²) in [6.45, 7) is 9.24. The van der Waals surface area contributed by atoms with Crippen molar-refractivity contribution in [2.75, 3.05) is 32.8 Å². The topological polar surface area (TPSA) is 41.6 Å². The number of carbonyl (C=O) groups excluding carboxylic acids is 1. The highest BCUT2D eigenvalue weighted by Gasteiger charge is 2.14. The Morgan fingerprint density at radius 2 is 1.96 bits per heavy atom. The van der Waals surface area contributed by atoms with Gasteiger partial charge >= 0.3 is 0 Å². The van der Waals surface area contributed by atoms with E-state index in [-0.39, 0.29) is 5.91 Å². The zero-order valence-electron chi connectivity index (χ0n) is 14.5. The molecule has 1 fully saturated rings. The first kappa shape index (κ1) is 17.8. The standard InChI is InChI=1S/C19H30N2O2/c1-3-23-18-7-5-17(6-8-18)15-19(22)20-11-4-12-21-13-9-16(2)10-14-21/h5-8,16H,3-4,9-15H2,1-2H3,(H,20,22). The third kappa shape index (κ3) is 6.61. The third-order valence-corrected chi connectivity index (χ3v) is 4.45. The van der Waals surface area contributed by atoms with Gasteiger partial charge in [0.25, 0.3) is 0 Å². The monoisotopic (exact) mass is 318 g/mol. The summed E-state index contributed by atoms with van der Waals surface area (Å²) < 4.78 is 5.40. The largest absolute Gasteiger partial charge is 0.494 e. The lowest BCUT2D eigenvalue weighted by Gasteiger charge is -2.30. The molecule has 4 nitrogen and oxygen atoms in total. The molecule has 0 spiro atoms. The van der Waals surface area contributed by atoms with Gasteiger partial charge in [-0.3, -0.25) is 4.79 Å². The van der Waals surface area contributed by atoms with Crippen LogP contribution in [0.4, 0.5) is 0 Å². The summed E-state index contributed by atoms with van der Waals surface area (Å²) in [6, 6.07) is 7.76. The molecular formula is C19H30N2O2. The Bertz CT molecular complexity index is 465. The van der Waals surface area contributed by atoms with Crippen LogP contribution in [0.5, 0.6) is 5.75 Å². The molecule has 0 aliphatic carbocycles. The summed E-state index contributed by atoms with van der Waals surface area (Å²) in [5.74, 6) is 1.83. The molecule has 0 unspecified atom stereocenters. The van der Waals surface area contributed by atoms with Crippen LogP contribution in [0.2, 0.25) is 0 Å². The van der Waals surface area contributed by atoms with Gasteiger partial charge in [0.1, 0.15) is 5.75 Å². The van der Waals surface area contributed by atoms with E-state index in [0.717, 1.165) is 36.7 Å². The Balaban J connectivity index is 1.59. The molecule has 1 aromatic carbocycles. The van der Waals surface area contributed by atoms with Gasteiger partial charge in [0.2, 0.25) is 5.91 Å². The highest BCUT2D eigenvalue weighted by atomic mass is 16.5. The number of carbonyl (C=O) groups is 1. The Morgan fingerprint density at radius 3 is 2.61 bits per heavy atom. The van der Waals surface area contributed by atoms with Crippen LogP contribution in [0.3, 0.4) is 0 Å². The van der Waals surface area contributed by atoms with Gasteiger partial charge in [-0.15, -0.1) is 0 Å². The Hall–Kier alpha value is -1.55. The third-order valence-electron chi connectivity index (χ3n) is 4.45. The Kier molecular flexibility index (Phi) is 7.40. The van der Waals surface area contributed by atoms with E-state index < -0.39 is 0 Å². The van der Waals surface area contributed by atoms with Crippen molar-refractivity contribution in [1.29, 1.82) is 0 Å². The van der Waals surface area contributed by atoms with Crippen molar-refractivity contribution in [2.24, 2.45) is 5.92 Å². The van der Waals surface area contributed by atoms with Crippen molar-refractivity contribution in [1.82, 2.24) is 10.2 Å². The van der Waals surface area contributed by atoms with Gasteiger partial charge in [-0.2, -0.15) is 0 Å². The van der Waals surface area contributed by atoms with Crippen LogP contribution in [-0.2, 0) is 11.2 Å². The second-order valence-corrected chi connectivity index (χ2v) is 6.48. The average molecular weight is 318 g/mol. The fourth-order valence-corrected chi connectivity index (χ4v) is 2.93. The van der Waals surface area contributed by atoms with E-state index in [4.69, 9.17) is 4.74 Å². The predicted molar refractivity (Wildman–Crippen MR) is 93.8 cm³/mol. The number of piperidine rings is 1. The van der Waals surface area contributed by atoms with Crippen LogP contribution in [0.25, 0.3) is 0 Å². The van der Waals surface area contributed by atoms with Gasteiger partial charge < -0.3 is 15.0 Å². The van der Waals surface area contributed by atoms with Gasteiger partial charge in [-0.05, 0) is 69.4 Å². The second kappa shape index (κ2) is 9.56. The first-order chi connectivity index (χ1) is 11.2. The molecule has 1 aliphatic heterocycles. The van der Waals surface area contributed by atoms with Crippen LogP contribution < -0.4 is 10.1 Å². The molecule has 1 saturated heterocycles. The lowest BCUT2D eigenvalue weighted by atomic mass is 9.99. The summed E-state index contributed by atoms with van der Waals surface area (Å²) in [5.41, 5.74) is 1.02. The summed E-state index contributed by atoms with van der Waals surface area (Å²) in [6.07, 6.45) is 4.09. The predicted octanol–water partition coefficient (Wildman–Crippen LogP) is 2.87. The van der Waals surface area contributed by atoms with Gasteiger partial charge in [0, 0.05) is 6.54 Å². The molecule has 1 aromatic rings. The zero-order chi connectivity index (χ0) is 16.5. The molecule has 4 heteroatoms. The molecule has 1 heterocycles. The van der Waals surface area contributed by atoms with Gasteiger partial charge in [0.05, 0.1) is 13.0 Å². The summed E-state index contributed by atoms with van der Waals surface area (Å²) in [7, 11) is 0. The van der Waals surface area contributed by atoms with E-state index >= 15 is 0 Å².